The zero-order valence-electron chi connectivity index (χ0n) is 31.8. The minimum absolute atomic E-state index is 0.695. The number of fused-ring (bicyclic) bond motifs is 3. The predicted octanol–water partition coefficient (Wildman–Crippen LogP) is 11.7. The number of hydrogen-bond donors (Lipinski definition) is 0. The van der Waals surface area contributed by atoms with E-state index in [2.05, 4.69) is 165 Å². The third-order valence-electron chi connectivity index (χ3n) is 11.1. The maximum absolute atomic E-state index is 5.34. The second-order valence-electron chi connectivity index (χ2n) is 15.1. The molecule has 4 nitrogen and oxygen atoms in total. The molecule has 0 amide bonds. The van der Waals surface area contributed by atoms with Gasteiger partial charge in [-0.15, -0.1) is 0 Å². The molecular weight excluding hydrogens is 709 g/mol. The molecule has 0 saturated heterocycles. The quantitative estimate of drug-likeness (QED) is 0.152. The molecule has 0 N–H and O–H groups in total. The van der Waals surface area contributed by atoms with Crippen molar-refractivity contribution in [1.29, 1.82) is 0 Å². The van der Waals surface area contributed by atoms with E-state index in [0.717, 1.165) is 73.0 Å². The molecule has 0 bridgehead atoms. The second-order valence-corrected chi connectivity index (χ2v) is 19.4. The van der Waals surface area contributed by atoms with E-state index in [9.17, 15) is 0 Å². The lowest BCUT2D eigenvalue weighted by Crippen LogP contribution is -2.50. The van der Waals surface area contributed by atoms with E-state index < -0.39 is 8.07 Å². The molecule has 1 aliphatic heterocycles. The van der Waals surface area contributed by atoms with Crippen LogP contribution in [0, 0.1) is 0 Å². The summed E-state index contributed by atoms with van der Waals surface area (Å²) in [5.41, 5.74) is 14.9. The Labute approximate surface area is 334 Å². The first-order valence-electron chi connectivity index (χ1n) is 19.4. The van der Waals surface area contributed by atoms with Gasteiger partial charge in [-0.1, -0.05) is 183 Å². The summed E-state index contributed by atoms with van der Waals surface area (Å²) >= 11 is 0. The fourth-order valence-electron chi connectivity index (χ4n) is 8.12. The number of benzene rings is 7. The van der Waals surface area contributed by atoms with Crippen LogP contribution in [-0.2, 0) is 0 Å². The van der Waals surface area contributed by atoms with Crippen molar-refractivity contribution in [2.45, 2.75) is 13.1 Å². The standard InChI is InChI=1S/C52H38N4Si/c1-57(2)47-30-13-12-29-44(47)48-49(55-50(56-52(48)57)37-21-10-5-11-22-37)42-27-15-25-40(32-42)38-23-14-24-39(31-38)41-26-16-28-43(33-41)51-53-45(35-17-6-3-7-18-35)34-46(54-51)36-19-8-4-9-20-36/h3-34H,1-2H3. The third-order valence-corrected chi connectivity index (χ3v) is 14.4. The molecule has 3 heterocycles. The summed E-state index contributed by atoms with van der Waals surface area (Å²) in [4.78, 5) is 20.8. The summed E-state index contributed by atoms with van der Waals surface area (Å²) in [5.74, 6) is 1.47. The molecule has 0 atom stereocenters. The third kappa shape index (κ3) is 6.38. The van der Waals surface area contributed by atoms with Gasteiger partial charge in [0, 0.05) is 38.7 Å². The van der Waals surface area contributed by atoms with Gasteiger partial charge in [0.15, 0.2) is 11.6 Å². The van der Waals surface area contributed by atoms with Crippen molar-refractivity contribution in [3.63, 3.8) is 0 Å². The Morgan fingerprint density at radius 2 is 0.754 bits per heavy atom. The summed E-state index contributed by atoms with van der Waals surface area (Å²) in [6.07, 6.45) is 0. The number of nitrogens with zero attached hydrogens (tertiary/aromatic N) is 4. The Morgan fingerprint density at radius 3 is 1.33 bits per heavy atom. The number of hydrogen-bond acceptors (Lipinski definition) is 4. The minimum atomic E-state index is -2.06. The highest BCUT2D eigenvalue weighted by Crippen LogP contribution is 2.38. The van der Waals surface area contributed by atoms with Crippen molar-refractivity contribution in [3.05, 3.63) is 194 Å². The average Bonchev–Trinajstić information content (AvgIpc) is 3.52. The predicted molar refractivity (Wildman–Crippen MR) is 238 cm³/mol. The van der Waals surface area contributed by atoms with Crippen molar-refractivity contribution < 1.29 is 0 Å². The van der Waals surface area contributed by atoms with Crippen LogP contribution in [0.25, 0.3) is 89.9 Å². The fourth-order valence-corrected chi connectivity index (χ4v) is 11.0. The van der Waals surface area contributed by atoms with Crippen LogP contribution in [-0.4, -0.2) is 28.0 Å². The summed E-state index contributed by atoms with van der Waals surface area (Å²) in [6.45, 7) is 4.82. The summed E-state index contributed by atoms with van der Waals surface area (Å²) in [6, 6.07) is 68.1. The maximum Gasteiger partial charge on any atom is 0.160 e. The van der Waals surface area contributed by atoms with E-state index in [1.54, 1.807) is 0 Å². The molecule has 7 aromatic carbocycles. The normalized spacial score (nSPS) is 12.5. The van der Waals surface area contributed by atoms with Gasteiger partial charge in [0.25, 0.3) is 0 Å². The van der Waals surface area contributed by atoms with E-state index in [1.807, 2.05) is 42.5 Å². The molecule has 0 aliphatic carbocycles. The molecule has 270 valence electrons. The molecule has 0 fully saturated rings. The lowest BCUT2D eigenvalue weighted by Gasteiger charge is -2.19. The monoisotopic (exact) mass is 746 g/mol. The molecule has 0 radical (unpaired) electrons. The van der Waals surface area contributed by atoms with Crippen molar-refractivity contribution in [3.8, 4) is 89.9 Å². The highest BCUT2D eigenvalue weighted by molar-refractivity contribution is 7.03. The molecule has 0 saturated carbocycles. The smallest absolute Gasteiger partial charge is 0.160 e. The van der Waals surface area contributed by atoms with Crippen LogP contribution in [0.2, 0.25) is 13.1 Å². The molecule has 10 rings (SSSR count). The Kier molecular flexibility index (Phi) is 8.58. The van der Waals surface area contributed by atoms with Crippen LogP contribution >= 0.6 is 0 Å². The van der Waals surface area contributed by atoms with Gasteiger partial charge >= 0.3 is 0 Å². The molecule has 57 heavy (non-hydrogen) atoms. The molecule has 0 unspecified atom stereocenters. The fraction of sp³-hybridized carbons (Fsp3) is 0.0385. The van der Waals surface area contributed by atoms with Gasteiger partial charge in [0.2, 0.25) is 0 Å². The van der Waals surface area contributed by atoms with Gasteiger partial charge in [-0.25, -0.2) is 19.9 Å². The first-order chi connectivity index (χ1) is 28.0. The van der Waals surface area contributed by atoms with Crippen LogP contribution < -0.4 is 10.5 Å². The largest absolute Gasteiger partial charge is 0.237 e. The van der Waals surface area contributed by atoms with Gasteiger partial charge < -0.3 is 0 Å². The van der Waals surface area contributed by atoms with Crippen molar-refractivity contribution >= 4 is 18.6 Å². The summed E-state index contributed by atoms with van der Waals surface area (Å²) < 4.78 is 0. The van der Waals surface area contributed by atoms with Gasteiger partial charge in [0.05, 0.1) is 17.1 Å². The van der Waals surface area contributed by atoms with E-state index in [-0.39, 0.29) is 0 Å². The van der Waals surface area contributed by atoms with E-state index in [1.165, 1.54) is 21.6 Å². The first-order valence-corrected chi connectivity index (χ1v) is 22.4. The molecule has 9 aromatic rings. The van der Waals surface area contributed by atoms with Gasteiger partial charge in [-0.3, -0.25) is 0 Å². The van der Waals surface area contributed by atoms with Crippen LogP contribution in [0.15, 0.2) is 194 Å². The SMILES string of the molecule is C[Si]1(C)c2ccccc2-c2c(-c3cccc(-c4cccc(-c5cccc(-c6nc(-c7ccccc7)cc(-c7ccccc7)n6)c5)c4)c3)nc(-c3ccccc3)nc21. The molecule has 2 aromatic heterocycles. The molecular formula is C52H38N4Si. The Hall–Kier alpha value is -7.08. The zero-order valence-corrected chi connectivity index (χ0v) is 32.8. The van der Waals surface area contributed by atoms with Gasteiger partial charge in [-0.2, -0.15) is 0 Å². The van der Waals surface area contributed by atoms with Crippen LogP contribution in [0.4, 0.5) is 0 Å². The Morgan fingerprint density at radius 1 is 0.333 bits per heavy atom. The van der Waals surface area contributed by atoms with E-state index >= 15 is 0 Å². The van der Waals surface area contributed by atoms with Crippen molar-refractivity contribution in [2.24, 2.45) is 0 Å². The van der Waals surface area contributed by atoms with Crippen LogP contribution in [0.1, 0.15) is 0 Å². The summed E-state index contributed by atoms with van der Waals surface area (Å²) in [5, 5.41) is 2.62. The second kappa shape index (κ2) is 14.2. The highest BCUT2D eigenvalue weighted by Gasteiger charge is 2.41. The van der Waals surface area contributed by atoms with Crippen molar-refractivity contribution in [1.82, 2.24) is 19.9 Å². The lowest BCUT2D eigenvalue weighted by atomic mass is 9.95. The topological polar surface area (TPSA) is 51.6 Å². The minimum Gasteiger partial charge on any atom is -0.237 e. The number of rotatable bonds is 7. The van der Waals surface area contributed by atoms with Crippen molar-refractivity contribution in [2.75, 3.05) is 0 Å². The van der Waals surface area contributed by atoms with Crippen LogP contribution in [0.3, 0.4) is 0 Å². The first kappa shape index (κ1) is 34.4. The Bertz CT molecular complexity index is 2870. The molecule has 0 spiro atoms. The lowest BCUT2D eigenvalue weighted by molar-refractivity contribution is 1.18. The average molecular weight is 747 g/mol. The van der Waals surface area contributed by atoms with Crippen LogP contribution in [0.5, 0.6) is 0 Å². The van der Waals surface area contributed by atoms with Gasteiger partial charge in [-0.05, 0) is 57.3 Å². The zero-order chi connectivity index (χ0) is 38.3. The number of aromatic nitrogens is 4. The summed E-state index contributed by atoms with van der Waals surface area (Å²) in [7, 11) is -2.06. The van der Waals surface area contributed by atoms with Gasteiger partial charge in [0.1, 0.15) is 8.07 Å². The maximum atomic E-state index is 5.34. The van der Waals surface area contributed by atoms with E-state index in [4.69, 9.17) is 19.9 Å². The molecule has 5 heteroatoms. The molecule has 1 aliphatic rings. The Balaban J connectivity index is 1.05. The van der Waals surface area contributed by atoms with E-state index in [0.29, 0.717) is 5.82 Å². The highest BCUT2D eigenvalue weighted by atomic mass is 28.3.